The highest BCUT2D eigenvalue weighted by molar-refractivity contribution is 8.13. The van der Waals surface area contributed by atoms with Crippen molar-refractivity contribution < 1.29 is 13.2 Å². The van der Waals surface area contributed by atoms with Crippen molar-refractivity contribution in [3.05, 3.63) is 59.7 Å². The molecule has 3 nitrogen and oxygen atoms in total. The molecule has 2 rings (SSSR count). The quantitative estimate of drug-likeness (QED) is 0.771. The van der Waals surface area contributed by atoms with Crippen LogP contribution in [0.3, 0.4) is 0 Å². The third-order valence-corrected chi connectivity index (χ3v) is 4.63. The Bertz CT molecular complexity index is 747. The van der Waals surface area contributed by atoms with Gasteiger partial charge in [-0.2, -0.15) is 0 Å². The minimum absolute atomic E-state index is 0.0465. The van der Waals surface area contributed by atoms with E-state index >= 15 is 0 Å². The summed E-state index contributed by atoms with van der Waals surface area (Å²) in [5, 5.41) is 0. The molecular weight excluding hydrogens is 320 g/mol. The summed E-state index contributed by atoms with van der Waals surface area (Å²) in [5.41, 5.74) is 1.79. The maximum Gasteiger partial charge on any atom is 0.261 e. The first-order valence-electron chi connectivity index (χ1n) is 6.94. The van der Waals surface area contributed by atoms with Crippen LogP contribution in [-0.4, -0.2) is 8.42 Å². The Balaban J connectivity index is 2.37. The molecule has 22 heavy (non-hydrogen) atoms. The average molecular weight is 339 g/mol. The Morgan fingerprint density at radius 2 is 1.68 bits per heavy atom. The van der Waals surface area contributed by atoms with Gasteiger partial charge in [0, 0.05) is 16.7 Å². The Hall–Kier alpha value is -1.52. The summed E-state index contributed by atoms with van der Waals surface area (Å²) in [6.07, 6.45) is 0. The van der Waals surface area contributed by atoms with Crippen molar-refractivity contribution in [1.82, 2.24) is 0 Å². The van der Waals surface area contributed by atoms with Crippen LogP contribution >= 0.6 is 10.7 Å². The molecule has 0 aromatic heterocycles. The highest BCUT2D eigenvalue weighted by Crippen LogP contribution is 2.34. The number of hydrogen-bond donors (Lipinski definition) is 0. The van der Waals surface area contributed by atoms with Gasteiger partial charge in [-0.15, -0.1) is 0 Å². The van der Waals surface area contributed by atoms with Crippen LogP contribution in [-0.2, 0) is 21.1 Å². The van der Waals surface area contributed by atoms with Gasteiger partial charge in [0.25, 0.3) is 9.05 Å². The van der Waals surface area contributed by atoms with Crippen LogP contribution in [0.2, 0.25) is 0 Å². The normalized spacial score (nSPS) is 12.2. The third kappa shape index (κ3) is 4.24. The molecule has 0 heterocycles. The second-order valence-corrected chi connectivity index (χ2v) is 8.69. The Kier molecular flexibility index (Phi) is 4.83. The van der Waals surface area contributed by atoms with Crippen molar-refractivity contribution in [3.63, 3.8) is 0 Å². The molecule has 0 spiro atoms. The molecule has 0 saturated heterocycles. The maximum absolute atomic E-state index is 11.5. The van der Waals surface area contributed by atoms with Crippen molar-refractivity contribution >= 4 is 19.7 Å². The topological polar surface area (TPSA) is 43.4 Å². The van der Waals surface area contributed by atoms with Crippen molar-refractivity contribution in [3.8, 4) is 5.75 Å². The zero-order chi connectivity index (χ0) is 16.4. The summed E-state index contributed by atoms with van der Waals surface area (Å²) in [5.74, 6) is 0.540. The molecule has 0 amide bonds. The van der Waals surface area contributed by atoms with E-state index in [0.29, 0.717) is 12.4 Å². The van der Waals surface area contributed by atoms with Crippen LogP contribution in [0.1, 0.15) is 31.9 Å². The molecule has 0 unspecified atom stereocenters. The van der Waals surface area contributed by atoms with E-state index < -0.39 is 9.05 Å². The van der Waals surface area contributed by atoms with E-state index in [9.17, 15) is 8.42 Å². The van der Waals surface area contributed by atoms with E-state index in [1.54, 1.807) is 6.07 Å². The van der Waals surface area contributed by atoms with Gasteiger partial charge in [-0.1, -0.05) is 57.2 Å². The Morgan fingerprint density at radius 3 is 2.23 bits per heavy atom. The molecule has 0 atom stereocenters. The minimum atomic E-state index is -3.78. The monoisotopic (exact) mass is 338 g/mol. The molecule has 0 radical (unpaired) electrons. The van der Waals surface area contributed by atoms with E-state index in [0.717, 1.165) is 11.1 Å². The second-order valence-electron chi connectivity index (χ2n) is 6.12. The molecule has 5 heteroatoms. The zero-order valence-corrected chi connectivity index (χ0v) is 14.4. The Labute approximate surface area is 136 Å². The van der Waals surface area contributed by atoms with Gasteiger partial charge in [-0.3, -0.25) is 0 Å². The fraction of sp³-hybridized carbons (Fsp3) is 0.294. The van der Waals surface area contributed by atoms with Crippen LogP contribution in [0.5, 0.6) is 5.75 Å². The summed E-state index contributed by atoms with van der Waals surface area (Å²) < 4.78 is 28.9. The highest BCUT2D eigenvalue weighted by Gasteiger charge is 2.22. The molecule has 0 aliphatic carbocycles. The van der Waals surface area contributed by atoms with Gasteiger partial charge in [0.05, 0.1) is 4.90 Å². The molecular formula is C17H19ClO3S. The maximum atomic E-state index is 11.5. The van der Waals surface area contributed by atoms with Gasteiger partial charge < -0.3 is 4.74 Å². The minimum Gasteiger partial charge on any atom is -0.489 e. The zero-order valence-electron chi connectivity index (χ0n) is 12.8. The molecule has 0 N–H and O–H groups in total. The number of hydrogen-bond acceptors (Lipinski definition) is 3. The standard InChI is InChI=1S/C17H19ClO3S/c1-17(2,3)15-10-9-14(22(18,19)20)11-16(15)21-12-13-7-5-4-6-8-13/h4-11H,12H2,1-3H3. The van der Waals surface area contributed by atoms with Gasteiger partial charge in [-0.25, -0.2) is 8.42 Å². The fourth-order valence-corrected chi connectivity index (χ4v) is 2.89. The van der Waals surface area contributed by atoms with Gasteiger partial charge in [0.15, 0.2) is 0 Å². The first-order valence-corrected chi connectivity index (χ1v) is 9.25. The van der Waals surface area contributed by atoms with Crippen molar-refractivity contribution in [2.45, 2.75) is 37.7 Å². The van der Waals surface area contributed by atoms with Gasteiger partial charge in [0.2, 0.25) is 0 Å². The number of benzene rings is 2. The lowest BCUT2D eigenvalue weighted by Gasteiger charge is -2.23. The van der Waals surface area contributed by atoms with Crippen LogP contribution in [0.4, 0.5) is 0 Å². The van der Waals surface area contributed by atoms with Gasteiger partial charge >= 0.3 is 0 Å². The first-order chi connectivity index (χ1) is 10.2. The molecule has 0 saturated carbocycles. The van der Waals surface area contributed by atoms with Crippen molar-refractivity contribution in [1.29, 1.82) is 0 Å². The highest BCUT2D eigenvalue weighted by atomic mass is 35.7. The van der Waals surface area contributed by atoms with Gasteiger partial charge in [-0.05, 0) is 22.6 Å². The lowest BCUT2D eigenvalue weighted by atomic mass is 9.86. The summed E-state index contributed by atoms with van der Waals surface area (Å²) >= 11 is 0. The third-order valence-electron chi connectivity index (χ3n) is 3.28. The summed E-state index contributed by atoms with van der Waals surface area (Å²) in [6, 6.07) is 14.5. The van der Waals surface area contributed by atoms with Crippen LogP contribution in [0.25, 0.3) is 0 Å². The second kappa shape index (κ2) is 6.31. The summed E-state index contributed by atoms with van der Waals surface area (Å²) in [7, 11) is 1.65. The van der Waals surface area contributed by atoms with Crippen molar-refractivity contribution in [2.75, 3.05) is 0 Å². The molecule has 0 bridgehead atoms. The molecule has 0 aliphatic rings. The lowest BCUT2D eigenvalue weighted by molar-refractivity contribution is 0.296. The average Bonchev–Trinajstić information content (AvgIpc) is 2.44. The van der Waals surface area contributed by atoms with E-state index in [1.807, 2.05) is 51.1 Å². The smallest absolute Gasteiger partial charge is 0.261 e. The van der Waals surface area contributed by atoms with Crippen molar-refractivity contribution in [2.24, 2.45) is 0 Å². The predicted octanol–water partition coefficient (Wildman–Crippen LogP) is 4.49. The molecule has 0 fully saturated rings. The number of ether oxygens (including phenoxy) is 1. The summed E-state index contributed by atoms with van der Waals surface area (Å²) in [6.45, 7) is 6.52. The predicted molar refractivity (Wildman–Crippen MR) is 89.0 cm³/mol. The van der Waals surface area contributed by atoms with Crippen LogP contribution in [0.15, 0.2) is 53.4 Å². The lowest BCUT2D eigenvalue weighted by Crippen LogP contribution is -2.14. The first kappa shape index (κ1) is 16.8. The molecule has 0 aliphatic heterocycles. The van der Waals surface area contributed by atoms with E-state index in [2.05, 4.69) is 0 Å². The SMILES string of the molecule is CC(C)(C)c1ccc(S(=O)(=O)Cl)cc1OCc1ccccc1. The molecule has 2 aromatic carbocycles. The fourth-order valence-electron chi connectivity index (χ4n) is 2.13. The largest absolute Gasteiger partial charge is 0.489 e. The van der Waals surface area contributed by atoms with E-state index in [1.165, 1.54) is 12.1 Å². The van der Waals surface area contributed by atoms with Crippen LogP contribution < -0.4 is 4.74 Å². The number of halogens is 1. The van der Waals surface area contributed by atoms with E-state index in [-0.39, 0.29) is 10.3 Å². The number of rotatable bonds is 4. The summed E-state index contributed by atoms with van der Waals surface area (Å²) in [4.78, 5) is 0.0465. The van der Waals surface area contributed by atoms with Crippen LogP contribution in [0, 0.1) is 0 Å². The van der Waals surface area contributed by atoms with Gasteiger partial charge in [0.1, 0.15) is 12.4 Å². The Morgan fingerprint density at radius 1 is 1.05 bits per heavy atom. The molecule has 118 valence electrons. The van der Waals surface area contributed by atoms with E-state index in [4.69, 9.17) is 15.4 Å². The molecule has 2 aromatic rings.